The summed E-state index contributed by atoms with van der Waals surface area (Å²) in [6.45, 7) is 1.80. The van der Waals surface area contributed by atoms with Crippen molar-refractivity contribution >= 4 is 16.1 Å². The molecule has 0 heterocycles. The van der Waals surface area contributed by atoms with E-state index in [1.165, 1.54) is 16.2 Å². The second kappa shape index (κ2) is 8.70. The standard InChI is InChI=1S/C14H14F3IO5S/c1-2-3-6-10(23-24(21,22)14(15,16)17)9-18-12-8-5-4-7-11(12)13(19)20/h4-5,7-9H,2-3,6H2,1H3/p+1. The summed E-state index contributed by atoms with van der Waals surface area (Å²) in [5, 5.41) is 9.09. The van der Waals surface area contributed by atoms with Crippen LogP contribution in [0.4, 0.5) is 13.2 Å². The molecule has 0 radical (unpaired) electrons. The van der Waals surface area contributed by atoms with Crippen LogP contribution in [-0.2, 0) is 14.3 Å². The first kappa shape index (κ1) is 20.7. The molecule has 0 atom stereocenters. The van der Waals surface area contributed by atoms with Gasteiger partial charge in [-0.2, -0.15) is 21.6 Å². The molecule has 0 aliphatic carbocycles. The van der Waals surface area contributed by atoms with Crippen LogP contribution >= 0.6 is 0 Å². The van der Waals surface area contributed by atoms with Gasteiger partial charge in [-0.05, 0) is 18.6 Å². The van der Waals surface area contributed by atoms with Gasteiger partial charge in [-0.25, -0.2) is 4.79 Å². The van der Waals surface area contributed by atoms with Crippen molar-refractivity contribution in [3.63, 3.8) is 0 Å². The van der Waals surface area contributed by atoms with Crippen molar-refractivity contribution in [3.05, 3.63) is 43.2 Å². The molecule has 0 aliphatic heterocycles. The average Bonchev–Trinajstić information content (AvgIpc) is 2.48. The Hall–Kier alpha value is -1.30. The molecule has 0 bridgehead atoms. The van der Waals surface area contributed by atoms with Crippen molar-refractivity contribution < 1.29 is 56.9 Å². The summed E-state index contributed by atoms with van der Waals surface area (Å²) in [6, 6.07) is 6.06. The van der Waals surface area contributed by atoms with Gasteiger partial charge >= 0.3 is 42.8 Å². The molecular weight excluding hydrogens is 464 g/mol. The summed E-state index contributed by atoms with van der Waals surface area (Å²) in [7, 11) is -5.73. The molecule has 1 aromatic carbocycles. The lowest BCUT2D eigenvalue weighted by molar-refractivity contribution is -0.559. The summed E-state index contributed by atoms with van der Waals surface area (Å²) >= 11 is -1.18. The highest BCUT2D eigenvalue weighted by molar-refractivity contribution is 7.87. The predicted octanol–water partition coefficient (Wildman–Crippen LogP) is 0.541. The Labute approximate surface area is 147 Å². The highest BCUT2D eigenvalue weighted by atomic mass is 127. The summed E-state index contributed by atoms with van der Waals surface area (Å²) in [5.74, 6) is -1.46. The second-order valence-electron chi connectivity index (χ2n) is 4.56. The molecule has 0 amide bonds. The van der Waals surface area contributed by atoms with E-state index in [-0.39, 0.29) is 17.7 Å². The predicted molar refractivity (Wildman–Crippen MR) is 75.8 cm³/mol. The minimum Gasteiger partial charge on any atom is -0.478 e. The maximum Gasteiger partial charge on any atom is 0.534 e. The third-order valence-corrected chi connectivity index (χ3v) is 6.29. The zero-order valence-electron chi connectivity index (χ0n) is 12.5. The van der Waals surface area contributed by atoms with Crippen LogP contribution in [0.25, 0.3) is 0 Å². The normalized spacial score (nSPS) is 12.9. The Balaban J connectivity index is 3.05. The van der Waals surface area contributed by atoms with E-state index in [0.717, 1.165) is 0 Å². The molecular formula is C14H15F3IO5S+. The van der Waals surface area contributed by atoms with E-state index in [0.29, 0.717) is 16.4 Å². The number of carboxylic acids is 1. The summed E-state index contributed by atoms with van der Waals surface area (Å²) in [5.41, 5.74) is -5.47. The van der Waals surface area contributed by atoms with Crippen LogP contribution in [0.15, 0.2) is 34.1 Å². The Morgan fingerprint density at radius 1 is 1.33 bits per heavy atom. The second-order valence-corrected chi connectivity index (χ2v) is 8.50. The minimum atomic E-state index is -5.73. The summed E-state index contributed by atoms with van der Waals surface area (Å²) in [4.78, 5) is 11.1. The number of benzene rings is 1. The number of aromatic carboxylic acids is 1. The van der Waals surface area contributed by atoms with Crippen molar-refractivity contribution in [1.29, 1.82) is 0 Å². The average molecular weight is 479 g/mol. The van der Waals surface area contributed by atoms with Gasteiger partial charge < -0.3 is 9.29 Å². The van der Waals surface area contributed by atoms with Crippen LogP contribution in [0.3, 0.4) is 0 Å². The van der Waals surface area contributed by atoms with Crippen molar-refractivity contribution in [2.75, 3.05) is 0 Å². The van der Waals surface area contributed by atoms with Crippen molar-refractivity contribution in [2.24, 2.45) is 0 Å². The molecule has 24 heavy (non-hydrogen) atoms. The van der Waals surface area contributed by atoms with Gasteiger partial charge in [0.25, 0.3) is 0 Å². The number of hydrogen-bond donors (Lipinski definition) is 1. The molecule has 10 heteroatoms. The first-order chi connectivity index (χ1) is 11.1. The highest BCUT2D eigenvalue weighted by Gasteiger charge is 2.49. The molecule has 0 fully saturated rings. The smallest absolute Gasteiger partial charge is 0.478 e. The molecule has 0 aliphatic rings. The van der Waals surface area contributed by atoms with Gasteiger partial charge in [0.05, 0.1) is 0 Å². The first-order valence-electron chi connectivity index (χ1n) is 6.74. The molecule has 5 nitrogen and oxygen atoms in total. The lowest BCUT2D eigenvalue weighted by Crippen LogP contribution is -3.59. The van der Waals surface area contributed by atoms with Crippen LogP contribution < -0.4 is 21.2 Å². The molecule has 0 unspecified atom stereocenters. The topological polar surface area (TPSA) is 80.7 Å². The van der Waals surface area contributed by atoms with E-state index in [4.69, 9.17) is 5.11 Å². The fraction of sp³-hybridized carbons (Fsp3) is 0.357. The fourth-order valence-electron chi connectivity index (χ4n) is 1.50. The van der Waals surface area contributed by atoms with E-state index in [1.807, 2.05) is 0 Å². The molecule has 1 aromatic rings. The lowest BCUT2D eigenvalue weighted by atomic mass is 10.2. The SMILES string of the molecule is CCCCC(=C[I+]c1ccccc1C(=O)O)OS(=O)(=O)C(F)(F)F. The number of alkyl halides is 3. The van der Waals surface area contributed by atoms with E-state index in [9.17, 15) is 26.4 Å². The van der Waals surface area contributed by atoms with Crippen LogP contribution in [0.5, 0.6) is 0 Å². The molecule has 1 N–H and O–H groups in total. The maximum absolute atomic E-state index is 12.4. The van der Waals surface area contributed by atoms with Gasteiger partial charge in [-0.15, -0.1) is 0 Å². The van der Waals surface area contributed by atoms with E-state index < -0.39 is 42.8 Å². The van der Waals surface area contributed by atoms with Gasteiger partial charge in [0.2, 0.25) is 3.57 Å². The zero-order valence-corrected chi connectivity index (χ0v) is 15.5. The fourth-order valence-corrected chi connectivity index (χ4v) is 4.47. The number of carboxylic acid groups (broad SMARTS) is 1. The van der Waals surface area contributed by atoms with Crippen molar-refractivity contribution in [2.45, 2.75) is 31.7 Å². The van der Waals surface area contributed by atoms with Crippen LogP contribution in [0, 0.1) is 3.57 Å². The maximum atomic E-state index is 12.4. The molecule has 134 valence electrons. The Morgan fingerprint density at radius 2 is 1.96 bits per heavy atom. The third kappa shape index (κ3) is 5.96. The summed E-state index contributed by atoms with van der Waals surface area (Å²) < 4.78 is 65.5. The first-order valence-corrected chi connectivity index (χ1v) is 10.5. The molecule has 1 rings (SSSR count). The minimum absolute atomic E-state index is 0.0285. The van der Waals surface area contributed by atoms with Gasteiger partial charge in [0.15, 0.2) is 9.84 Å². The quantitative estimate of drug-likeness (QED) is 0.255. The molecule has 0 saturated carbocycles. The van der Waals surface area contributed by atoms with Gasteiger partial charge in [-0.1, -0.05) is 25.5 Å². The van der Waals surface area contributed by atoms with Crippen LogP contribution in [-0.4, -0.2) is 25.0 Å². The molecule has 0 aromatic heterocycles. The Kier molecular flexibility index (Phi) is 7.52. The number of rotatable bonds is 8. The number of unbranched alkanes of at least 4 members (excludes halogenated alkanes) is 1. The number of hydrogen-bond acceptors (Lipinski definition) is 4. The van der Waals surface area contributed by atoms with Crippen LogP contribution in [0.1, 0.15) is 36.5 Å². The van der Waals surface area contributed by atoms with Crippen molar-refractivity contribution in [1.82, 2.24) is 0 Å². The lowest BCUT2D eigenvalue weighted by Gasteiger charge is -2.10. The largest absolute Gasteiger partial charge is 0.534 e. The highest BCUT2D eigenvalue weighted by Crippen LogP contribution is 2.27. The monoisotopic (exact) mass is 479 g/mol. The van der Waals surface area contributed by atoms with Crippen LogP contribution in [0.2, 0.25) is 0 Å². The van der Waals surface area contributed by atoms with E-state index in [1.54, 1.807) is 19.1 Å². The number of halogens is 4. The Bertz CT molecular complexity index is 713. The molecule has 0 saturated heterocycles. The zero-order chi connectivity index (χ0) is 18.4. The van der Waals surface area contributed by atoms with Gasteiger partial charge in [0, 0.05) is 6.42 Å². The summed E-state index contributed by atoms with van der Waals surface area (Å²) in [6.07, 6.45) is 1.11. The van der Waals surface area contributed by atoms with Gasteiger partial charge in [0.1, 0.15) is 5.56 Å². The van der Waals surface area contributed by atoms with Gasteiger partial charge in [-0.3, -0.25) is 0 Å². The van der Waals surface area contributed by atoms with Crippen molar-refractivity contribution in [3.8, 4) is 0 Å². The molecule has 0 spiro atoms. The van der Waals surface area contributed by atoms with E-state index >= 15 is 0 Å². The third-order valence-electron chi connectivity index (χ3n) is 2.68. The number of carbonyl (C=O) groups is 1. The van der Waals surface area contributed by atoms with E-state index in [2.05, 4.69) is 4.18 Å². The Morgan fingerprint density at radius 3 is 2.50 bits per heavy atom. The number of allylic oxidation sites excluding steroid dienone is 1.